The Kier molecular flexibility index (Phi) is 22.3. The summed E-state index contributed by atoms with van der Waals surface area (Å²) in [5, 5.41) is 4.85. The van der Waals surface area contributed by atoms with E-state index in [1.165, 1.54) is 34.7 Å². The van der Waals surface area contributed by atoms with E-state index >= 15 is 0 Å². The van der Waals surface area contributed by atoms with Crippen LogP contribution in [0.4, 0.5) is 0 Å². The average molecular weight is 1090 g/mol. The van der Waals surface area contributed by atoms with Gasteiger partial charge in [-0.2, -0.15) is 0 Å². The molecule has 5 aromatic carbocycles. The van der Waals surface area contributed by atoms with Gasteiger partial charge in [-0.05, 0) is 52.1 Å². The van der Waals surface area contributed by atoms with Gasteiger partial charge in [-0.3, -0.25) is 24.2 Å². The molecule has 0 bridgehead atoms. The van der Waals surface area contributed by atoms with Crippen molar-refractivity contribution in [3.63, 3.8) is 0 Å². The van der Waals surface area contributed by atoms with E-state index in [0.29, 0.717) is 41.0 Å². The van der Waals surface area contributed by atoms with Crippen molar-refractivity contribution in [1.82, 2.24) is 25.1 Å². The Morgan fingerprint density at radius 1 is 0.532 bits per heavy atom. The van der Waals surface area contributed by atoms with Gasteiger partial charge in [-0.1, -0.05) is 187 Å². The highest BCUT2D eigenvalue weighted by Crippen LogP contribution is 2.42. The number of amides is 2. The molecule has 0 radical (unpaired) electrons. The number of rotatable bonds is 17. The van der Waals surface area contributed by atoms with Crippen LogP contribution in [0.15, 0.2) is 198 Å². The first-order valence-electron chi connectivity index (χ1n) is 25.9. The maximum absolute atomic E-state index is 11.9. The summed E-state index contributed by atoms with van der Waals surface area (Å²) in [6.45, 7) is 10.6. The Labute approximate surface area is 465 Å². The molecular weight excluding hydrogens is 1020 g/mol. The number of morpholine rings is 3. The molecule has 2 aromatic heterocycles. The largest absolute Gasteiger partial charge is 0.374 e. The van der Waals surface area contributed by atoms with Crippen LogP contribution < -0.4 is 16.8 Å². The van der Waals surface area contributed by atoms with Crippen molar-refractivity contribution in [3.8, 4) is 0 Å². The van der Waals surface area contributed by atoms with Gasteiger partial charge in [-0.15, -0.1) is 0 Å². The molecule has 0 saturated carbocycles. The van der Waals surface area contributed by atoms with Gasteiger partial charge >= 0.3 is 0 Å². The lowest BCUT2D eigenvalue weighted by Crippen LogP contribution is -2.44. The van der Waals surface area contributed by atoms with Crippen LogP contribution in [0.3, 0.4) is 0 Å². The second kappa shape index (κ2) is 30.1. The summed E-state index contributed by atoms with van der Waals surface area (Å²) >= 11 is 4.45. The highest BCUT2D eigenvalue weighted by atomic mass is 32.2. The van der Waals surface area contributed by atoms with Crippen molar-refractivity contribution in [3.05, 3.63) is 227 Å². The first-order chi connectivity index (χ1) is 37.7. The number of hydrogen-bond acceptors (Lipinski definition) is 14. The van der Waals surface area contributed by atoms with Crippen LogP contribution in [0, 0.1) is 0 Å². The lowest BCUT2D eigenvalue weighted by atomic mass is 10.1. The number of hydrogen-bond donors (Lipinski definition) is 3. The van der Waals surface area contributed by atoms with Crippen molar-refractivity contribution in [2.45, 2.75) is 64.1 Å². The summed E-state index contributed by atoms with van der Waals surface area (Å²) in [7, 11) is 0. The summed E-state index contributed by atoms with van der Waals surface area (Å²) in [6, 6.07) is 58.5. The topological polar surface area (TPSA) is 175 Å². The molecule has 3 fully saturated rings. The Morgan fingerprint density at radius 3 is 1.32 bits per heavy atom. The fourth-order valence-corrected chi connectivity index (χ4v) is 12.9. The fraction of sp³-hybridized carbons (Fsp3) is 0.295. The Bertz CT molecular complexity index is 2900. The maximum atomic E-state index is 11.9. The molecule has 6 atom stereocenters. The molecule has 10 rings (SSSR count). The minimum Gasteiger partial charge on any atom is -0.374 e. The van der Waals surface area contributed by atoms with E-state index in [9.17, 15) is 14.4 Å². The molecule has 13 nitrogen and oxygen atoms in total. The number of pyridine rings is 2. The molecule has 77 heavy (non-hydrogen) atoms. The second-order valence-corrected chi connectivity index (χ2v) is 22.2. The van der Waals surface area contributed by atoms with E-state index in [1.54, 1.807) is 55.3 Å². The summed E-state index contributed by atoms with van der Waals surface area (Å²) in [5.41, 5.74) is 18.0. The number of thioether (sulfide) groups is 3. The molecule has 0 aliphatic carbocycles. The number of nitrogens with two attached hydrogens (primary N) is 2. The molecule has 5 N–H and O–H groups in total. The van der Waals surface area contributed by atoms with E-state index in [4.69, 9.17) is 25.7 Å². The molecule has 3 aliphatic heterocycles. The SMILES string of the molecule is CC(=O)S[C@@H](c1ccccc1)[C@@H]1CN(Cc2ccccc2)CCO1.NC(=O)c1cccnc1S[C@@H](c1ccccc1)[C@@H]1CN(Cc2ccccc2)CCO1.NC(=O)c1cccnc1S[C@@H](c1ccccc1)[C@@H]1CNCCO1. The van der Waals surface area contributed by atoms with Crippen molar-refractivity contribution in [2.24, 2.45) is 11.5 Å². The van der Waals surface area contributed by atoms with Crippen LogP contribution in [0.2, 0.25) is 0 Å². The standard InChI is InChI=1S/C24H25N3O2S.C20H23NO2S.C17H19N3O2S/c25-23(28)20-12-7-13-26-24(20)30-22(19-10-5-2-6-11-19)21-17-27(14-15-29-21)16-18-8-3-1-4-9-18;1-16(22)24-20(18-10-6-3-7-11-18)19-15-21(12-13-23-19)14-17-8-4-2-5-9-17;18-16(21)13-7-4-8-20-17(13)23-15(12-5-2-1-3-6-12)14-11-19-9-10-22-14/h1-13,21-22H,14-17H2,(H2,25,28);2-11,19-20H,12-15H2,1H3;1-8,14-15,19H,9-11H2,(H2,18,21)/t21-,22-;19-,20-;14-,15-/m000/s1. The Balaban J connectivity index is 0.000000155. The Morgan fingerprint density at radius 2 is 0.922 bits per heavy atom. The van der Waals surface area contributed by atoms with Gasteiger partial charge in [-0.25, -0.2) is 9.97 Å². The third-order valence-corrected chi connectivity index (χ3v) is 17.0. The zero-order valence-electron chi connectivity index (χ0n) is 43.3. The van der Waals surface area contributed by atoms with Gasteiger partial charge in [0.15, 0.2) is 5.12 Å². The van der Waals surface area contributed by atoms with E-state index in [-0.39, 0.29) is 39.2 Å². The van der Waals surface area contributed by atoms with Gasteiger partial charge in [0.2, 0.25) is 0 Å². The number of carbonyl (C=O) groups excluding carboxylic acids is 3. The fourth-order valence-electron chi connectivity index (χ4n) is 9.35. The lowest BCUT2D eigenvalue weighted by Gasteiger charge is -2.37. The van der Waals surface area contributed by atoms with Crippen LogP contribution in [0.1, 0.15) is 71.2 Å². The minimum absolute atomic E-state index is 0.00206. The number of carbonyl (C=O) groups is 3. The first kappa shape index (κ1) is 57.0. The molecule has 3 aliphatic rings. The quantitative estimate of drug-likeness (QED) is 0.0735. The van der Waals surface area contributed by atoms with Crippen LogP contribution in [0.5, 0.6) is 0 Å². The third-order valence-electron chi connectivity index (χ3n) is 13.1. The zero-order valence-corrected chi connectivity index (χ0v) is 45.7. The number of primary amides is 2. The molecular formula is C61H67N7O6S3. The molecule has 0 unspecified atom stereocenters. The lowest BCUT2D eigenvalue weighted by molar-refractivity contribution is -0.109. The van der Waals surface area contributed by atoms with Crippen LogP contribution >= 0.6 is 35.3 Å². The predicted octanol–water partition coefficient (Wildman–Crippen LogP) is 9.83. The van der Waals surface area contributed by atoms with Crippen LogP contribution in [0.25, 0.3) is 0 Å². The normalized spacial score (nSPS) is 18.9. The predicted molar refractivity (Wildman–Crippen MR) is 309 cm³/mol. The van der Waals surface area contributed by atoms with Crippen molar-refractivity contribution < 1.29 is 28.6 Å². The van der Waals surface area contributed by atoms with Gasteiger partial charge in [0, 0.05) is 71.7 Å². The monoisotopic (exact) mass is 1090 g/mol. The summed E-state index contributed by atoms with van der Waals surface area (Å²) < 4.78 is 18.2. The third kappa shape index (κ3) is 17.4. The number of benzene rings is 5. The highest BCUT2D eigenvalue weighted by Gasteiger charge is 2.33. The maximum Gasteiger partial charge on any atom is 0.251 e. The van der Waals surface area contributed by atoms with E-state index in [1.807, 2.05) is 66.7 Å². The van der Waals surface area contributed by atoms with E-state index in [2.05, 4.69) is 110 Å². The summed E-state index contributed by atoms with van der Waals surface area (Å²) in [6.07, 6.45) is 3.38. The van der Waals surface area contributed by atoms with Gasteiger partial charge in [0.1, 0.15) is 10.1 Å². The first-order valence-corrected chi connectivity index (χ1v) is 28.6. The molecule has 7 aromatic rings. The molecule has 3 saturated heterocycles. The second-order valence-electron chi connectivity index (χ2n) is 18.7. The van der Waals surface area contributed by atoms with Crippen molar-refractivity contribution in [1.29, 1.82) is 0 Å². The van der Waals surface area contributed by atoms with Crippen molar-refractivity contribution >= 4 is 52.2 Å². The molecule has 2 amide bonds. The van der Waals surface area contributed by atoms with E-state index < -0.39 is 11.8 Å². The average Bonchev–Trinajstić information content (AvgIpc) is 3.47. The molecule has 400 valence electrons. The van der Waals surface area contributed by atoms with Crippen LogP contribution in [-0.4, -0.2) is 114 Å². The number of nitrogens with one attached hydrogen (secondary N) is 1. The minimum atomic E-state index is -0.465. The van der Waals surface area contributed by atoms with Gasteiger partial charge in [0.25, 0.3) is 11.8 Å². The molecule has 5 heterocycles. The van der Waals surface area contributed by atoms with Crippen molar-refractivity contribution in [2.75, 3.05) is 59.1 Å². The number of nitrogens with zero attached hydrogens (tertiary/aromatic N) is 4. The number of aromatic nitrogens is 2. The number of ether oxygens (including phenoxy) is 3. The summed E-state index contributed by atoms with van der Waals surface area (Å²) in [5.74, 6) is -0.928. The van der Waals surface area contributed by atoms with Crippen LogP contribution in [-0.2, 0) is 32.1 Å². The molecule has 0 spiro atoms. The molecule has 16 heteroatoms. The smallest absolute Gasteiger partial charge is 0.251 e. The van der Waals surface area contributed by atoms with Gasteiger partial charge in [0.05, 0.1) is 65.0 Å². The van der Waals surface area contributed by atoms with Gasteiger partial charge < -0.3 is 31.0 Å². The van der Waals surface area contributed by atoms with E-state index in [0.717, 1.165) is 69.0 Å². The summed E-state index contributed by atoms with van der Waals surface area (Å²) in [4.78, 5) is 48.9. The Hall–Kier alpha value is -6.18. The zero-order chi connectivity index (χ0) is 53.6. The highest BCUT2D eigenvalue weighted by molar-refractivity contribution is 8.13.